The van der Waals surface area contributed by atoms with E-state index in [4.69, 9.17) is 10.5 Å². The Kier molecular flexibility index (Phi) is 25.4. The van der Waals surface area contributed by atoms with Crippen LogP contribution in [0.15, 0.2) is 0 Å². The van der Waals surface area contributed by atoms with E-state index in [-0.39, 0.29) is 62.8 Å². The molecule has 1 fully saturated rings. The number of likely N-dealkylation sites (tertiary alicyclic amines) is 1. The molecule has 0 aromatic carbocycles. The van der Waals surface area contributed by atoms with Crippen molar-refractivity contribution in [1.29, 1.82) is 0 Å². The summed E-state index contributed by atoms with van der Waals surface area (Å²) in [4.78, 5) is 106. The molecule has 0 saturated carbocycles. The molecule has 0 bridgehead atoms. The lowest BCUT2D eigenvalue weighted by Crippen LogP contribution is -2.60. The van der Waals surface area contributed by atoms with E-state index < -0.39 is 83.3 Å². The van der Waals surface area contributed by atoms with Crippen LogP contribution in [0.5, 0.6) is 0 Å². The summed E-state index contributed by atoms with van der Waals surface area (Å²) in [5.41, 5.74) is 3.93. The van der Waals surface area contributed by atoms with E-state index in [1.54, 1.807) is 13.8 Å². The fourth-order valence-electron chi connectivity index (χ4n) is 7.36. The largest absolute Gasteiger partial charge is 0.467 e. The molecule has 1 saturated heterocycles. The van der Waals surface area contributed by atoms with Crippen molar-refractivity contribution in [1.82, 2.24) is 31.5 Å². The Balaban J connectivity index is 2.92. The summed E-state index contributed by atoms with van der Waals surface area (Å²) in [6, 6.07) is -5.81. The molecule has 0 spiro atoms. The van der Waals surface area contributed by atoms with E-state index in [2.05, 4.69) is 33.5 Å². The lowest BCUT2D eigenvalue weighted by molar-refractivity contribution is -0.146. The van der Waals surface area contributed by atoms with Crippen LogP contribution in [0.1, 0.15) is 165 Å². The van der Waals surface area contributed by atoms with Crippen molar-refractivity contribution in [2.45, 2.75) is 206 Å². The lowest BCUT2D eigenvalue weighted by atomic mass is 10.0. The van der Waals surface area contributed by atoms with E-state index in [0.29, 0.717) is 6.42 Å². The summed E-state index contributed by atoms with van der Waals surface area (Å²) in [6.45, 7) is 13.9. The van der Waals surface area contributed by atoms with Gasteiger partial charge in [0.25, 0.3) is 0 Å². The first-order valence-electron chi connectivity index (χ1n) is 22.5. The first kappa shape index (κ1) is 54.7. The number of β-amino-alcohol motifs (C(OH)–C–C–N with tert-alkyl or cyclic N) is 1. The molecule has 1 heterocycles. The number of amides is 7. The standard InChI is InChI=1S/C44H79N7O10/c1-10-11-12-13-14-15-16-17-18-19-20-21-37(54)50-44(7,8)43(60)51-27-31(52)26-35(51)41(58)48-33(24-28(2)3)40(57)46-30(6)38(55)47-32(22-23-36(45)53)39(56)49-34(25-29(4)5)42(59)61-9/h28-35,52H,10-27H2,1-9H3,(H2,45,53)(H,46,57)(H,47,55)(H,48,58)(H,49,56)(H,50,54). The van der Waals surface area contributed by atoms with Crippen molar-refractivity contribution < 1.29 is 48.2 Å². The Morgan fingerprint density at radius 2 is 1.21 bits per heavy atom. The zero-order chi connectivity index (χ0) is 46.3. The number of aliphatic hydroxyl groups is 1. The minimum absolute atomic E-state index is 0.00758. The predicted octanol–water partition coefficient (Wildman–Crippen LogP) is 3.03. The van der Waals surface area contributed by atoms with Gasteiger partial charge in [0, 0.05) is 25.8 Å². The molecule has 1 aliphatic rings. The van der Waals surface area contributed by atoms with Gasteiger partial charge >= 0.3 is 5.97 Å². The van der Waals surface area contributed by atoms with Crippen molar-refractivity contribution in [3.8, 4) is 0 Å². The number of hydrogen-bond acceptors (Lipinski definition) is 10. The number of esters is 1. The average Bonchev–Trinajstić information content (AvgIpc) is 3.57. The van der Waals surface area contributed by atoms with Crippen LogP contribution in [0.3, 0.4) is 0 Å². The van der Waals surface area contributed by atoms with Gasteiger partial charge in [-0.1, -0.05) is 98.8 Å². The topological polar surface area (TPSA) is 255 Å². The summed E-state index contributed by atoms with van der Waals surface area (Å²) in [5.74, 6) is -5.25. The van der Waals surface area contributed by atoms with Crippen molar-refractivity contribution in [2.24, 2.45) is 17.6 Å². The van der Waals surface area contributed by atoms with Gasteiger partial charge in [-0.15, -0.1) is 0 Å². The summed E-state index contributed by atoms with van der Waals surface area (Å²) in [6.07, 6.45) is 11.7. The van der Waals surface area contributed by atoms with Crippen molar-refractivity contribution in [3.63, 3.8) is 0 Å². The molecule has 17 heteroatoms. The van der Waals surface area contributed by atoms with E-state index in [0.717, 1.165) is 19.3 Å². The van der Waals surface area contributed by atoms with Crippen LogP contribution in [0.4, 0.5) is 0 Å². The molecular formula is C44H79N7O10. The van der Waals surface area contributed by atoms with Crippen molar-refractivity contribution in [3.05, 3.63) is 0 Å². The number of rotatable bonds is 30. The van der Waals surface area contributed by atoms with Crippen LogP contribution in [-0.2, 0) is 43.1 Å². The molecule has 350 valence electrons. The molecule has 0 aromatic rings. The van der Waals surface area contributed by atoms with Gasteiger partial charge < -0.3 is 47.1 Å². The summed E-state index contributed by atoms with van der Waals surface area (Å²) < 4.78 is 4.81. The van der Waals surface area contributed by atoms with Crippen LogP contribution in [0.2, 0.25) is 0 Å². The Morgan fingerprint density at radius 3 is 1.74 bits per heavy atom. The molecule has 1 rings (SSSR count). The number of primary amides is 1. The maximum absolute atomic E-state index is 13.8. The third-order valence-electron chi connectivity index (χ3n) is 10.8. The lowest BCUT2D eigenvalue weighted by Gasteiger charge is -2.33. The van der Waals surface area contributed by atoms with Crippen LogP contribution >= 0.6 is 0 Å². The molecule has 0 aliphatic carbocycles. The molecular weight excluding hydrogens is 787 g/mol. The highest BCUT2D eigenvalue weighted by atomic mass is 16.5. The summed E-state index contributed by atoms with van der Waals surface area (Å²) >= 11 is 0. The number of carbonyl (C=O) groups is 8. The third-order valence-corrected chi connectivity index (χ3v) is 10.8. The highest BCUT2D eigenvalue weighted by molar-refractivity contribution is 5.98. The minimum atomic E-state index is -1.38. The SMILES string of the molecule is CCCCCCCCCCCCCC(=O)NC(C)(C)C(=O)N1CC(O)CC1C(=O)NC(CC(C)C)C(=O)NC(C)C(=O)NC(CCC(N)=O)C(=O)NC(CC(C)C)C(=O)OC. The van der Waals surface area contributed by atoms with Gasteiger partial charge in [-0.25, -0.2) is 4.79 Å². The molecule has 7 amide bonds. The van der Waals surface area contributed by atoms with Gasteiger partial charge in [0.2, 0.25) is 41.4 Å². The number of hydrogen-bond donors (Lipinski definition) is 7. The Hall–Kier alpha value is -4.28. The Labute approximate surface area is 363 Å². The number of nitrogens with zero attached hydrogens (tertiary/aromatic N) is 1. The minimum Gasteiger partial charge on any atom is -0.467 e. The third kappa shape index (κ3) is 21.4. The van der Waals surface area contributed by atoms with E-state index in [1.165, 1.54) is 63.9 Å². The first-order chi connectivity index (χ1) is 28.6. The van der Waals surface area contributed by atoms with Crippen LogP contribution in [0, 0.1) is 11.8 Å². The highest BCUT2D eigenvalue weighted by Crippen LogP contribution is 2.23. The van der Waals surface area contributed by atoms with Crippen LogP contribution < -0.4 is 32.3 Å². The number of carbonyl (C=O) groups excluding carboxylic acids is 8. The second kappa shape index (κ2) is 28.3. The second-order valence-corrected chi connectivity index (χ2v) is 18.0. The number of unbranched alkanes of at least 4 members (excludes halogenated alkanes) is 10. The van der Waals surface area contributed by atoms with Crippen molar-refractivity contribution in [2.75, 3.05) is 13.7 Å². The monoisotopic (exact) mass is 866 g/mol. The molecule has 6 unspecified atom stereocenters. The highest BCUT2D eigenvalue weighted by Gasteiger charge is 2.45. The van der Waals surface area contributed by atoms with E-state index in [1.807, 2.05) is 27.7 Å². The molecule has 0 aromatic heterocycles. The smallest absolute Gasteiger partial charge is 0.328 e. The molecule has 8 N–H and O–H groups in total. The predicted molar refractivity (Wildman–Crippen MR) is 232 cm³/mol. The van der Waals surface area contributed by atoms with Gasteiger partial charge in [-0.2, -0.15) is 0 Å². The van der Waals surface area contributed by atoms with E-state index >= 15 is 0 Å². The fourth-order valence-corrected chi connectivity index (χ4v) is 7.36. The molecule has 1 aliphatic heterocycles. The van der Waals surface area contributed by atoms with Gasteiger partial charge in [-0.3, -0.25) is 33.6 Å². The Bertz CT molecular complexity index is 1440. The summed E-state index contributed by atoms with van der Waals surface area (Å²) in [5, 5.41) is 23.8. The van der Waals surface area contributed by atoms with Crippen LogP contribution in [0.25, 0.3) is 0 Å². The number of methoxy groups -OCH3 is 1. The maximum atomic E-state index is 13.8. The van der Waals surface area contributed by atoms with Gasteiger partial charge in [0.1, 0.15) is 35.7 Å². The quantitative estimate of drug-likeness (QED) is 0.0410. The van der Waals surface area contributed by atoms with Gasteiger partial charge in [0.05, 0.1) is 13.2 Å². The number of aliphatic hydroxyl groups excluding tert-OH is 1. The zero-order valence-corrected chi connectivity index (χ0v) is 38.5. The molecule has 6 atom stereocenters. The normalized spacial score (nSPS) is 17.2. The maximum Gasteiger partial charge on any atom is 0.328 e. The Morgan fingerprint density at radius 1 is 0.705 bits per heavy atom. The second-order valence-electron chi connectivity index (χ2n) is 18.0. The number of ether oxygens (including phenoxy) is 1. The summed E-state index contributed by atoms with van der Waals surface area (Å²) in [7, 11) is 1.18. The molecule has 0 radical (unpaired) electrons. The number of nitrogens with two attached hydrogens (primary N) is 1. The fraction of sp³-hybridized carbons (Fsp3) is 0.818. The van der Waals surface area contributed by atoms with Gasteiger partial charge in [-0.05, 0) is 58.3 Å². The van der Waals surface area contributed by atoms with E-state index in [9.17, 15) is 43.5 Å². The number of nitrogens with one attached hydrogen (secondary N) is 5. The van der Waals surface area contributed by atoms with Gasteiger partial charge in [0.15, 0.2) is 0 Å². The molecule has 61 heavy (non-hydrogen) atoms. The first-order valence-corrected chi connectivity index (χ1v) is 22.5. The molecule has 17 nitrogen and oxygen atoms in total. The van der Waals surface area contributed by atoms with Crippen molar-refractivity contribution >= 4 is 47.3 Å². The zero-order valence-electron chi connectivity index (χ0n) is 38.5. The average molecular weight is 866 g/mol. The van der Waals surface area contributed by atoms with Crippen LogP contribution in [-0.4, -0.2) is 113 Å².